The quantitative estimate of drug-likeness (QED) is 0.277. The third-order valence-electron chi connectivity index (χ3n) is 9.12. The molecular formula is C34H35FN4O3. The molecule has 0 radical (unpaired) electrons. The Bertz CT molecular complexity index is 1600. The smallest absolute Gasteiger partial charge is 0.238 e. The van der Waals surface area contributed by atoms with Crippen LogP contribution in [-0.2, 0) is 16.8 Å². The normalized spacial score (nSPS) is 21.3. The molecule has 0 bridgehead atoms. The third-order valence-corrected chi connectivity index (χ3v) is 9.12. The van der Waals surface area contributed by atoms with Gasteiger partial charge in [0.05, 0.1) is 42.3 Å². The van der Waals surface area contributed by atoms with E-state index in [9.17, 15) is 4.79 Å². The molecule has 8 heteroatoms. The molecule has 1 aromatic heterocycles. The van der Waals surface area contributed by atoms with E-state index in [4.69, 9.17) is 9.47 Å². The summed E-state index contributed by atoms with van der Waals surface area (Å²) in [5.74, 6) is 1.42. The predicted molar refractivity (Wildman–Crippen MR) is 160 cm³/mol. The Hall–Kier alpha value is -4.17. The third kappa shape index (κ3) is 4.45. The van der Waals surface area contributed by atoms with Gasteiger partial charge in [-0.1, -0.05) is 36.8 Å². The summed E-state index contributed by atoms with van der Waals surface area (Å²) in [4.78, 5) is 18.1. The first-order chi connectivity index (χ1) is 20.5. The molecule has 3 aliphatic rings. The topological polar surface area (TPSA) is 59.8 Å². The Labute approximate surface area is 245 Å². The van der Waals surface area contributed by atoms with E-state index < -0.39 is 17.7 Å². The van der Waals surface area contributed by atoms with E-state index in [1.54, 1.807) is 13.3 Å². The highest BCUT2D eigenvalue weighted by atomic mass is 19.1. The van der Waals surface area contributed by atoms with E-state index in [2.05, 4.69) is 11.2 Å². The number of para-hydroxylation sites is 1. The van der Waals surface area contributed by atoms with Crippen molar-refractivity contribution < 1.29 is 18.7 Å². The number of carbonyl (C=O) groups is 1. The van der Waals surface area contributed by atoms with Crippen LogP contribution in [-0.4, -0.2) is 60.1 Å². The highest BCUT2D eigenvalue weighted by Crippen LogP contribution is 2.57. The van der Waals surface area contributed by atoms with Crippen molar-refractivity contribution in [3.05, 3.63) is 90.1 Å². The monoisotopic (exact) mass is 566 g/mol. The van der Waals surface area contributed by atoms with E-state index in [0.717, 1.165) is 65.3 Å². The fraction of sp³-hybridized carbons (Fsp3) is 0.353. The molecule has 42 heavy (non-hydrogen) atoms. The van der Waals surface area contributed by atoms with Crippen molar-refractivity contribution in [3.8, 4) is 28.4 Å². The first kappa shape index (κ1) is 26.7. The van der Waals surface area contributed by atoms with E-state index in [1.807, 2.05) is 88.3 Å². The molecule has 1 saturated carbocycles. The minimum atomic E-state index is -1.12. The van der Waals surface area contributed by atoms with Gasteiger partial charge in [0.1, 0.15) is 23.8 Å². The molecule has 3 heterocycles. The van der Waals surface area contributed by atoms with Crippen molar-refractivity contribution >= 4 is 11.6 Å². The van der Waals surface area contributed by atoms with Gasteiger partial charge in [0.2, 0.25) is 5.91 Å². The van der Waals surface area contributed by atoms with Gasteiger partial charge in [-0.3, -0.25) is 4.79 Å². The van der Waals surface area contributed by atoms with Gasteiger partial charge in [-0.05, 0) is 79.9 Å². The van der Waals surface area contributed by atoms with Crippen LogP contribution in [0.5, 0.6) is 11.5 Å². The zero-order valence-electron chi connectivity index (χ0n) is 24.0. The van der Waals surface area contributed by atoms with Crippen LogP contribution in [0.3, 0.4) is 0 Å². The lowest BCUT2D eigenvalue weighted by molar-refractivity contribution is -0.126. The molecule has 1 amide bonds. The Balaban J connectivity index is 1.36. The molecule has 7 rings (SSSR count). The van der Waals surface area contributed by atoms with Crippen molar-refractivity contribution in [3.63, 3.8) is 0 Å². The molecule has 0 N–H and O–H groups in total. The zero-order chi connectivity index (χ0) is 28.8. The van der Waals surface area contributed by atoms with Crippen LogP contribution in [0.15, 0.2) is 79.0 Å². The van der Waals surface area contributed by atoms with Crippen LogP contribution >= 0.6 is 0 Å². The molecule has 1 spiro atoms. The van der Waals surface area contributed by atoms with Crippen molar-refractivity contribution in [2.45, 2.75) is 49.9 Å². The van der Waals surface area contributed by atoms with Crippen LogP contribution in [0.4, 0.5) is 10.1 Å². The van der Waals surface area contributed by atoms with Gasteiger partial charge in [-0.15, -0.1) is 0 Å². The summed E-state index contributed by atoms with van der Waals surface area (Å²) in [5, 5.41) is 4.62. The van der Waals surface area contributed by atoms with E-state index in [1.165, 1.54) is 0 Å². The number of benzene rings is 3. The summed E-state index contributed by atoms with van der Waals surface area (Å²) in [6, 6.07) is 23.9. The first-order valence-corrected chi connectivity index (χ1v) is 14.7. The van der Waals surface area contributed by atoms with Crippen LogP contribution in [0.1, 0.15) is 36.8 Å². The number of aromatic nitrogens is 2. The van der Waals surface area contributed by atoms with Gasteiger partial charge in [0, 0.05) is 18.7 Å². The average Bonchev–Trinajstić information content (AvgIpc) is 3.57. The van der Waals surface area contributed by atoms with Gasteiger partial charge in [-0.25, -0.2) is 9.07 Å². The SMILES string of the molecule is COc1ccc(CN2C(=O)C3(CCC3)c3cc(-c4ccnn4-c4ccccc4)cc(OC4CCN(C)CC4F)c32)cc1. The number of fused-ring (bicyclic) bond motifs is 2. The van der Waals surface area contributed by atoms with Crippen molar-refractivity contribution in [1.29, 1.82) is 0 Å². The molecule has 2 unspecified atom stereocenters. The fourth-order valence-corrected chi connectivity index (χ4v) is 6.67. The maximum atomic E-state index is 15.3. The standard InChI is InChI=1S/C34H35FN4O3/c1-37-18-14-30(28(35)22-37)42-31-20-24(29-13-17-36-39(29)25-7-4-3-5-8-25)19-27-32(31)38(33(40)34(27)15-6-16-34)21-23-9-11-26(41-2)12-10-23/h3-5,7-13,17,19-20,28,30H,6,14-16,18,21-22H2,1-2H3. The number of hydrogen-bond donors (Lipinski definition) is 0. The Kier molecular flexibility index (Phi) is 6.73. The van der Waals surface area contributed by atoms with Crippen molar-refractivity contribution in [2.75, 3.05) is 32.1 Å². The molecule has 4 aromatic rings. The fourth-order valence-electron chi connectivity index (χ4n) is 6.67. The van der Waals surface area contributed by atoms with Crippen molar-refractivity contribution in [1.82, 2.24) is 14.7 Å². The molecule has 1 saturated heterocycles. The minimum absolute atomic E-state index is 0.0957. The van der Waals surface area contributed by atoms with Crippen LogP contribution in [0.2, 0.25) is 0 Å². The number of ether oxygens (including phenoxy) is 2. The summed E-state index contributed by atoms with van der Waals surface area (Å²) in [5.41, 5.74) is 4.89. The van der Waals surface area contributed by atoms with Crippen LogP contribution in [0, 0.1) is 0 Å². The van der Waals surface area contributed by atoms with Gasteiger partial charge in [0.15, 0.2) is 0 Å². The van der Waals surface area contributed by atoms with E-state index in [-0.39, 0.29) is 5.91 Å². The number of amides is 1. The van der Waals surface area contributed by atoms with Crippen LogP contribution < -0.4 is 14.4 Å². The molecule has 3 aromatic carbocycles. The van der Waals surface area contributed by atoms with Gasteiger partial charge in [-0.2, -0.15) is 5.10 Å². The molecule has 1 aliphatic carbocycles. The summed E-state index contributed by atoms with van der Waals surface area (Å²) in [6.45, 7) is 1.49. The highest BCUT2D eigenvalue weighted by molar-refractivity contribution is 6.10. The number of methoxy groups -OCH3 is 1. The number of anilines is 1. The molecule has 2 aliphatic heterocycles. The number of piperidine rings is 1. The number of rotatable bonds is 7. The largest absolute Gasteiger partial charge is 0.497 e. The minimum Gasteiger partial charge on any atom is -0.497 e. The van der Waals surface area contributed by atoms with Crippen molar-refractivity contribution in [2.24, 2.45) is 0 Å². The highest BCUT2D eigenvalue weighted by Gasteiger charge is 2.55. The predicted octanol–water partition coefficient (Wildman–Crippen LogP) is 5.94. The molecule has 216 valence electrons. The Morgan fingerprint density at radius 2 is 1.83 bits per heavy atom. The number of halogens is 1. The number of likely N-dealkylation sites (tertiary alicyclic amines) is 1. The van der Waals surface area contributed by atoms with E-state index >= 15 is 4.39 Å². The lowest BCUT2D eigenvalue weighted by Crippen LogP contribution is -2.45. The molecular weight excluding hydrogens is 531 g/mol. The van der Waals surface area contributed by atoms with Gasteiger partial charge < -0.3 is 19.3 Å². The summed E-state index contributed by atoms with van der Waals surface area (Å²) in [6.07, 6.45) is 3.22. The second kappa shape index (κ2) is 10.6. The lowest BCUT2D eigenvalue weighted by atomic mass is 9.65. The van der Waals surface area contributed by atoms with Gasteiger partial charge in [0.25, 0.3) is 0 Å². The zero-order valence-corrected chi connectivity index (χ0v) is 24.0. The Morgan fingerprint density at radius 3 is 2.52 bits per heavy atom. The van der Waals surface area contributed by atoms with E-state index in [0.29, 0.717) is 25.3 Å². The number of nitrogens with zero attached hydrogens (tertiary/aromatic N) is 4. The van der Waals surface area contributed by atoms with Gasteiger partial charge >= 0.3 is 0 Å². The first-order valence-electron chi connectivity index (χ1n) is 14.7. The number of alkyl halides is 1. The van der Waals surface area contributed by atoms with Crippen LogP contribution in [0.25, 0.3) is 16.9 Å². The second-order valence-electron chi connectivity index (χ2n) is 11.7. The maximum Gasteiger partial charge on any atom is 0.238 e. The Morgan fingerprint density at radius 1 is 1.05 bits per heavy atom. The molecule has 2 atom stereocenters. The number of hydrogen-bond acceptors (Lipinski definition) is 5. The molecule has 2 fully saturated rings. The molecule has 7 nitrogen and oxygen atoms in total. The summed E-state index contributed by atoms with van der Waals surface area (Å²) < 4.78 is 29.2. The number of carbonyl (C=O) groups excluding carboxylic acids is 1. The second-order valence-corrected chi connectivity index (χ2v) is 11.7. The summed E-state index contributed by atoms with van der Waals surface area (Å²) >= 11 is 0. The summed E-state index contributed by atoms with van der Waals surface area (Å²) in [7, 11) is 3.57. The lowest BCUT2D eigenvalue weighted by Gasteiger charge is -2.37. The average molecular weight is 567 g/mol. The maximum absolute atomic E-state index is 15.3.